The third kappa shape index (κ3) is 3.75. The predicted molar refractivity (Wildman–Crippen MR) is 151 cm³/mol. The van der Waals surface area contributed by atoms with Crippen molar-refractivity contribution in [2.75, 3.05) is 0 Å². The molecule has 5 aromatic carbocycles. The van der Waals surface area contributed by atoms with E-state index < -0.39 is 0 Å². The Labute approximate surface area is 216 Å². The van der Waals surface area contributed by atoms with Gasteiger partial charge in [-0.25, -0.2) is 0 Å². The second-order valence-electron chi connectivity index (χ2n) is 9.46. The molecule has 3 heteroatoms. The van der Waals surface area contributed by atoms with Crippen LogP contribution in [0.15, 0.2) is 103 Å². The number of nitrogens with zero attached hydrogens (tertiary/aromatic N) is 3. The molecule has 0 fully saturated rings. The molecule has 1 heterocycles. The van der Waals surface area contributed by atoms with Crippen LogP contribution in [-0.4, -0.2) is 4.57 Å². The highest BCUT2D eigenvalue weighted by atomic mass is 15.0. The Kier molecular flexibility index (Phi) is 5.33. The quantitative estimate of drug-likeness (QED) is 0.259. The number of benzene rings is 5. The van der Waals surface area contributed by atoms with Gasteiger partial charge in [0.1, 0.15) is 0 Å². The summed E-state index contributed by atoms with van der Waals surface area (Å²) in [7, 11) is 0. The van der Waals surface area contributed by atoms with Crippen molar-refractivity contribution in [1.82, 2.24) is 4.57 Å². The smallest absolute Gasteiger partial charge is 0.0998 e. The number of hydrogen-bond acceptors (Lipinski definition) is 2. The largest absolute Gasteiger partial charge is 0.309 e. The molecule has 0 saturated carbocycles. The van der Waals surface area contributed by atoms with E-state index in [1.54, 1.807) is 18.2 Å². The van der Waals surface area contributed by atoms with Crippen LogP contribution in [0.25, 0.3) is 49.7 Å². The molecule has 0 unspecified atom stereocenters. The molecule has 0 aliphatic carbocycles. The Bertz CT molecular complexity index is 1820. The normalized spacial score (nSPS) is 10.9. The third-order valence-corrected chi connectivity index (χ3v) is 6.99. The SMILES string of the molecule is Cc1ccc2c(c1)c1cc(C)ccc1n2-c1cccc(-c2ccc(-c3c(C#N)cccc3C#N)cc2)c1. The minimum Gasteiger partial charge on any atom is -0.309 e. The maximum absolute atomic E-state index is 9.57. The van der Waals surface area contributed by atoms with Crippen LogP contribution in [0.2, 0.25) is 0 Å². The van der Waals surface area contributed by atoms with Gasteiger partial charge in [-0.3, -0.25) is 0 Å². The highest BCUT2D eigenvalue weighted by Gasteiger charge is 2.14. The van der Waals surface area contributed by atoms with Gasteiger partial charge in [-0.1, -0.05) is 65.7 Å². The molecule has 37 heavy (non-hydrogen) atoms. The molecule has 0 atom stereocenters. The minimum atomic E-state index is 0.505. The average Bonchev–Trinajstić information content (AvgIpc) is 3.25. The van der Waals surface area contributed by atoms with Crippen LogP contribution < -0.4 is 0 Å². The number of nitriles is 2. The maximum Gasteiger partial charge on any atom is 0.0998 e. The van der Waals surface area contributed by atoms with E-state index in [0.29, 0.717) is 16.7 Å². The van der Waals surface area contributed by atoms with Gasteiger partial charge < -0.3 is 4.57 Å². The summed E-state index contributed by atoms with van der Waals surface area (Å²) in [5.74, 6) is 0. The predicted octanol–water partition coefficient (Wildman–Crippen LogP) is 8.48. The van der Waals surface area contributed by atoms with Gasteiger partial charge in [0.15, 0.2) is 0 Å². The highest BCUT2D eigenvalue weighted by molar-refractivity contribution is 6.09. The molecule has 0 spiro atoms. The summed E-state index contributed by atoms with van der Waals surface area (Å²) in [4.78, 5) is 0. The van der Waals surface area contributed by atoms with E-state index in [1.165, 1.54) is 32.9 Å². The summed E-state index contributed by atoms with van der Waals surface area (Å²) in [6.45, 7) is 4.27. The Morgan fingerprint density at radius 3 is 1.65 bits per heavy atom. The Morgan fingerprint density at radius 1 is 0.541 bits per heavy atom. The monoisotopic (exact) mass is 473 g/mol. The van der Waals surface area contributed by atoms with Gasteiger partial charge in [-0.05, 0) is 79.1 Å². The van der Waals surface area contributed by atoms with E-state index in [9.17, 15) is 10.5 Å². The fourth-order valence-electron chi connectivity index (χ4n) is 5.23. The molecule has 0 N–H and O–H groups in total. The minimum absolute atomic E-state index is 0.505. The van der Waals surface area contributed by atoms with E-state index in [0.717, 1.165) is 22.4 Å². The molecule has 0 amide bonds. The van der Waals surface area contributed by atoms with Gasteiger partial charge >= 0.3 is 0 Å². The molecule has 3 nitrogen and oxygen atoms in total. The molecule has 0 radical (unpaired) electrons. The number of fused-ring (bicyclic) bond motifs is 3. The van der Waals surface area contributed by atoms with E-state index in [1.807, 2.05) is 12.1 Å². The summed E-state index contributed by atoms with van der Waals surface area (Å²) in [6, 6.07) is 39.7. The van der Waals surface area contributed by atoms with Gasteiger partial charge in [-0.15, -0.1) is 0 Å². The topological polar surface area (TPSA) is 52.5 Å². The lowest BCUT2D eigenvalue weighted by molar-refractivity contribution is 1.18. The first kappa shape index (κ1) is 22.4. The van der Waals surface area contributed by atoms with Gasteiger partial charge in [-0.2, -0.15) is 10.5 Å². The van der Waals surface area contributed by atoms with Crippen LogP contribution in [0, 0.1) is 36.5 Å². The molecule has 6 aromatic rings. The Hall–Kier alpha value is -5.12. The first-order valence-corrected chi connectivity index (χ1v) is 12.2. The first-order chi connectivity index (χ1) is 18.1. The molecule has 0 saturated heterocycles. The fourth-order valence-corrected chi connectivity index (χ4v) is 5.23. The van der Waals surface area contributed by atoms with Crippen LogP contribution >= 0.6 is 0 Å². The summed E-state index contributed by atoms with van der Waals surface area (Å²) < 4.78 is 2.34. The average molecular weight is 474 g/mol. The molecule has 0 bridgehead atoms. The molecular formula is C34H23N3. The lowest BCUT2D eigenvalue weighted by atomic mass is 9.94. The van der Waals surface area contributed by atoms with Crippen molar-refractivity contribution < 1.29 is 0 Å². The van der Waals surface area contributed by atoms with Gasteiger partial charge in [0.05, 0.1) is 34.3 Å². The second-order valence-corrected chi connectivity index (χ2v) is 9.46. The van der Waals surface area contributed by atoms with Crippen molar-refractivity contribution in [3.63, 3.8) is 0 Å². The van der Waals surface area contributed by atoms with Crippen molar-refractivity contribution in [1.29, 1.82) is 10.5 Å². The molecule has 0 aliphatic rings. The number of aryl methyl sites for hydroxylation is 2. The fraction of sp³-hybridized carbons (Fsp3) is 0.0588. The van der Waals surface area contributed by atoms with Gasteiger partial charge in [0.25, 0.3) is 0 Å². The van der Waals surface area contributed by atoms with Crippen molar-refractivity contribution in [3.05, 3.63) is 125 Å². The number of hydrogen-bond donors (Lipinski definition) is 0. The van der Waals surface area contributed by atoms with Crippen molar-refractivity contribution >= 4 is 21.8 Å². The summed E-state index contributed by atoms with van der Waals surface area (Å²) >= 11 is 0. The highest BCUT2D eigenvalue weighted by Crippen LogP contribution is 2.35. The lowest BCUT2D eigenvalue weighted by Crippen LogP contribution is -1.94. The van der Waals surface area contributed by atoms with E-state index in [2.05, 4.69) is 103 Å². The zero-order chi connectivity index (χ0) is 25.5. The van der Waals surface area contributed by atoms with E-state index in [4.69, 9.17) is 0 Å². The molecular weight excluding hydrogens is 450 g/mol. The zero-order valence-corrected chi connectivity index (χ0v) is 20.7. The standard InChI is InChI=1S/C34H23N3/c1-22-9-15-32-30(17-22)31-18-23(2)10-16-33(31)37(32)29-8-4-5-26(19-29)24-11-13-25(14-12-24)34-27(20-35)6-3-7-28(34)21-36/h3-19H,1-2H3. The number of rotatable bonds is 3. The van der Waals surface area contributed by atoms with E-state index >= 15 is 0 Å². The number of aromatic nitrogens is 1. The van der Waals surface area contributed by atoms with Crippen LogP contribution in [-0.2, 0) is 0 Å². The Morgan fingerprint density at radius 2 is 1.08 bits per heavy atom. The molecule has 6 rings (SSSR count). The summed E-state index contributed by atoms with van der Waals surface area (Å²) in [5.41, 5.74) is 10.7. The molecule has 0 aliphatic heterocycles. The van der Waals surface area contributed by atoms with Crippen molar-refractivity contribution in [3.8, 4) is 40.1 Å². The Balaban J connectivity index is 1.47. The molecule has 1 aromatic heterocycles. The van der Waals surface area contributed by atoms with Crippen LogP contribution in [0.5, 0.6) is 0 Å². The second kappa shape index (κ2) is 8.83. The lowest BCUT2D eigenvalue weighted by Gasteiger charge is -2.12. The van der Waals surface area contributed by atoms with Gasteiger partial charge in [0.2, 0.25) is 0 Å². The summed E-state index contributed by atoms with van der Waals surface area (Å²) in [6.07, 6.45) is 0. The first-order valence-electron chi connectivity index (χ1n) is 12.2. The van der Waals surface area contributed by atoms with Crippen molar-refractivity contribution in [2.24, 2.45) is 0 Å². The maximum atomic E-state index is 9.57. The van der Waals surface area contributed by atoms with E-state index in [-0.39, 0.29) is 0 Å². The third-order valence-electron chi connectivity index (χ3n) is 6.99. The summed E-state index contributed by atoms with van der Waals surface area (Å²) in [5, 5.41) is 21.7. The van der Waals surface area contributed by atoms with Crippen molar-refractivity contribution in [2.45, 2.75) is 13.8 Å². The zero-order valence-electron chi connectivity index (χ0n) is 20.7. The van der Waals surface area contributed by atoms with Crippen LogP contribution in [0.4, 0.5) is 0 Å². The van der Waals surface area contributed by atoms with Crippen LogP contribution in [0.3, 0.4) is 0 Å². The van der Waals surface area contributed by atoms with Gasteiger partial charge in [0, 0.05) is 22.0 Å². The molecule has 174 valence electrons. The van der Waals surface area contributed by atoms with Crippen LogP contribution in [0.1, 0.15) is 22.3 Å².